The maximum Gasteiger partial charge on any atom is 0.307 e. The first kappa shape index (κ1) is 11.3. The number of anilines is 1. The predicted octanol–water partition coefficient (Wildman–Crippen LogP) is 1.60. The van der Waals surface area contributed by atoms with E-state index in [9.17, 15) is 9.59 Å². The van der Waals surface area contributed by atoms with Gasteiger partial charge in [0.2, 0.25) is 5.91 Å². The number of carboxylic acid groups (broad SMARTS) is 1. The van der Waals surface area contributed by atoms with Gasteiger partial charge in [0.25, 0.3) is 0 Å². The van der Waals surface area contributed by atoms with Gasteiger partial charge in [-0.2, -0.15) is 0 Å². The first-order chi connectivity index (χ1) is 8.59. The number of carbonyl (C=O) groups is 2. The van der Waals surface area contributed by atoms with Crippen molar-refractivity contribution in [1.82, 2.24) is 0 Å². The van der Waals surface area contributed by atoms with Crippen molar-refractivity contribution in [2.75, 3.05) is 11.4 Å². The smallest absolute Gasteiger partial charge is 0.307 e. The van der Waals surface area contributed by atoms with Crippen molar-refractivity contribution in [3.63, 3.8) is 0 Å². The fourth-order valence-corrected chi connectivity index (χ4v) is 2.78. The van der Waals surface area contributed by atoms with Crippen molar-refractivity contribution in [2.45, 2.75) is 19.8 Å². The Balaban J connectivity index is 1.83. The van der Waals surface area contributed by atoms with E-state index in [1.165, 1.54) is 11.1 Å². The second kappa shape index (κ2) is 3.83. The number of rotatable bonds is 2. The number of carboxylic acids is 1. The van der Waals surface area contributed by atoms with Crippen molar-refractivity contribution in [1.29, 1.82) is 0 Å². The molecule has 0 bridgehead atoms. The van der Waals surface area contributed by atoms with Crippen LogP contribution in [0.2, 0.25) is 0 Å². The van der Waals surface area contributed by atoms with Crippen LogP contribution in [0.1, 0.15) is 17.5 Å². The Morgan fingerprint density at radius 2 is 2.11 bits per heavy atom. The first-order valence-electron chi connectivity index (χ1n) is 6.22. The predicted molar refractivity (Wildman–Crippen MR) is 66.5 cm³/mol. The van der Waals surface area contributed by atoms with Crippen LogP contribution in [0.4, 0.5) is 5.69 Å². The molecule has 0 radical (unpaired) electrons. The van der Waals surface area contributed by atoms with Crippen LogP contribution in [0.25, 0.3) is 0 Å². The van der Waals surface area contributed by atoms with Crippen molar-refractivity contribution >= 4 is 17.6 Å². The lowest BCUT2D eigenvalue weighted by Crippen LogP contribution is -2.31. The molecule has 2 unspecified atom stereocenters. The van der Waals surface area contributed by atoms with Crippen LogP contribution in [0.3, 0.4) is 0 Å². The van der Waals surface area contributed by atoms with Crippen LogP contribution < -0.4 is 4.90 Å². The van der Waals surface area contributed by atoms with E-state index in [-0.39, 0.29) is 11.8 Å². The molecule has 4 nitrogen and oxygen atoms in total. The Morgan fingerprint density at radius 1 is 1.33 bits per heavy atom. The molecule has 1 aromatic carbocycles. The number of amides is 1. The lowest BCUT2D eigenvalue weighted by atomic mass is 10.1. The summed E-state index contributed by atoms with van der Waals surface area (Å²) in [5, 5.41) is 8.88. The van der Waals surface area contributed by atoms with Crippen molar-refractivity contribution in [2.24, 2.45) is 11.8 Å². The van der Waals surface area contributed by atoms with Gasteiger partial charge in [0.1, 0.15) is 0 Å². The summed E-state index contributed by atoms with van der Waals surface area (Å²) in [6.07, 6.45) is 1.37. The lowest BCUT2D eigenvalue weighted by molar-refractivity contribution is -0.140. The van der Waals surface area contributed by atoms with Crippen LogP contribution in [-0.4, -0.2) is 23.5 Å². The third-order valence-corrected chi connectivity index (χ3v) is 3.95. The average molecular weight is 245 g/mol. The molecule has 4 heteroatoms. The molecule has 1 aliphatic carbocycles. The number of carbonyl (C=O) groups excluding carboxylic acids is 1. The van der Waals surface area contributed by atoms with Crippen LogP contribution in [-0.2, 0) is 16.0 Å². The third kappa shape index (κ3) is 1.60. The molecule has 2 atom stereocenters. The summed E-state index contributed by atoms with van der Waals surface area (Å²) in [4.78, 5) is 24.8. The molecule has 2 aliphatic rings. The van der Waals surface area contributed by atoms with Crippen LogP contribution in [0, 0.1) is 18.8 Å². The monoisotopic (exact) mass is 245 g/mol. The zero-order valence-electron chi connectivity index (χ0n) is 10.2. The molecule has 1 heterocycles. The van der Waals surface area contributed by atoms with Gasteiger partial charge >= 0.3 is 5.97 Å². The summed E-state index contributed by atoms with van der Waals surface area (Å²) in [6.45, 7) is 2.73. The zero-order valence-corrected chi connectivity index (χ0v) is 10.2. The summed E-state index contributed by atoms with van der Waals surface area (Å²) < 4.78 is 0. The Bertz CT molecular complexity index is 538. The number of hydrogen-bond acceptors (Lipinski definition) is 2. The molecule has 0 spiro atoms. The molecule has 3 rings (SSSR count). The van der Waals surface area contributed by atoms with Crippen molar-refractivity contribution in [3.05, 3.63) is 29.3 Å². The molecule has 1 saturated carbocycles. The number of nitrogens with zero attached hydrogens (tertiary/aromatic N) is 1. The highest BCUT2D eigenvalue weighted by Crippen LogP contribution is 2.42. The minimum Gasteiger partial charge on any atom is -0.481 e. The maximum atomic E-state index is 12.3. The van der Waals surface area contributed by atoms with Gasteiger partial charge in [0, 0.05) is 12.2 Å². The van der Waals surface area contributed by atoms with Crippen LogP contribution in [0.15, 0.2) is 18.2 Å². The minimum atomic E-state index is -0.850. The van der Waals surface area contributed by atoms with Gasteiger partial charge in [0.05, 0.1) is 11.8 Å². The molecule has 1 N–H and O–H groups in total. The maximum absolute atomic E-state index is 12.3. The highest BCUT2D eigenvalue weighted by atomic mass is 16.4. The fourth-order valence-electron chi connectivity index (χ4n) is 2.78. The highest BCUT2D eigenvalue weighted by molar-refractivity contribution is 6.01. The van der Waals surface area contributed by atoms with E-state index in [1.54, 1.807) is 4.90 Å². The first-order valence-corrected chi connectivity index (χ1v) is 6.22. The lowest BCUT2D eigenvalue weighted by Gasteiger charge is -2.17. The summed E-state index contributed by atoms with van der Waals surface area (Å²) in [5.41, 5.74) is 3.39. The molecule has 1 fully saturated rings. The normalized spacial score (nSPS) is 24.8. The minimum absolute atomic E-state index is 0.0215. The number of benzene rings is 1. The van der Waals surface area contributed by atoms with Gasteiger partial charge in [-0.3, -0.25) is 9.59 Å². The molecule has 1 amide bonds. The molecular formula is C14H15NO3. The second-order valence-corrected chi connectivity index (χ2v) is 5.10. The number of hydrogen-bond donors (Lipinski definition) is 1. The summed E-state index contributed by atoms with van der Waals surface area (Å²) >= 11 is 0. The van der Waals surface area contributed by atoms with E-state index in [0.29, 0.717) is 13.0 Å². The number of aryl methyl sites for hydroxylation is 1. The molecule has 18 heavy (non-hydrogen) atoms. The Morgan fingerprint density at radius 3 is 2.78 bits per heavy atom. The Labute approximate surface area is 105 Å². The molecule has 0 saturated heterocycles. The van der Waals surface area contributed by atoms with E-state index < -0.39 is 11.9 Å². The van der Waals surface area contributed by atoms with E-state index in [0.717, 1.165) is 12.1 Å². The van der Waals surface area contributed by atoms with Gasteiger partial charge in [-0.05, 0) is 37.0 Å². The average Bonchev–Trinajstić information content (AvgIpc) is 3.02. The molecule has 94 valence electrons. The Kier molecular flexibility index (Phi) is 2.40. The highest BCUT2D eigenvalue weighted by Gasteiger charge is 2.50. The van der Waals surface area contributed by atoms with Crippen molar-refractivity contribution < 1.29 is 14.7 Å². The van der Waals surface area contributed by atoms with Gasteiger partial charge in [-0.25, -0.2) is 0 Å². The summed E-state index contributed by atoms with van der Waals surface area (Å²) in [5.74, 6) is -1.65. The van der Waals surface area contributed by atoms with E-state index in [2.05, 4.69) is 0 Å². The van der Waals surface area contributed by atoms with Gasteiger partial charge < -0.3 is 10.0 Å². The SMILES string of the molecule is Cc1cccc2c1CCN2C(=O)C1CC1C(=O)O. The zero-order chi connectivity index (χ0) is 12.9. The molecular weight excluding hydrogens is 230 g/mol. The van der Waals surface area contributed by atoms with Crippen molar-refractivity contribution in [3.8, 4) is 0 Å². The largest absolute Gasteiger partial charge is 0.481 e. The van der Waals surface area contributed by atoms with Crippen LogP contribution >= 0.6 is 0 Å². The second-order valence-electron chi connectivity index (χ2n) is 5.10. The quantitative estimate of drug-likeness (QED) is 0.861. The molecule has 1 aliphatic heterocycles. The summed E-state index contributed by atoms with van der Waals surface area (Å²) in [6, 6.07) is 5.94. The van der Waals surface area contributed by atoms with E-state index in [4.69, 9.17) is 5.11 Å². The number of aliphatic carboxylic acids is 1. The third-order valence-electron chi connectivity index (χ3n) is 3.95. The molecule has 0 aromatic heterocycles. The summed E-state index contributed by atoms with van der Waals surface area (Å²) in [7, 11) is 0. The molecule has 1 aromatic rings. The number of fused-ring (bicyclic) bond motifs is 1. The van der Waals surface area contributed by atoms with Crippen LogP contribution in [0.5, 0.6) is 0 Å². The van der Waals surface area contributed by atoms with Gasteiger partial charge in [0.15, 0.2) is 0 Å². The Hall–Kier alpha value is -1.84. The standard InChI is InChI=1S/C14H15NO3/c1-8-3-2-4-12-9(8)5-6-15(12)13(16)10-7-11(10)14(17)18/h2-4,10-11H,5-7H2,1H3,(H,17,18). The van der Waals surface area contributed by atoms with E-state index in [1.807, 2.05) is 25.1 Å². The van der Waals surface area contributed by atoms with Gasteiger partial charge in [-0.1, -0.05) is 12.1 Å². The topological polar surface area (TPSA) is 57.6 Å². The fraction of sp³-hybridized carbons (Fsp3) is 0.429. The van der Waals surface area contributed by atoms with E-state index >= 15 is 0 Å². The van der Waals surface area contributed by atoms with Gasteiger partial charge in [-0.15, -0.1) is 0 Å².